The van der Waals surface area contributed by atoms with E-state index in [4.69, 9.17) is 9.72 Å². The third-order valence-electron chi connectivity index (χ3n) is 6.31. The normalized spacial score (nSPS) is 19.5. The van der Waals surface area contributed by atoms with E-state index in [0.717, 1.165) is 28.8 Å². The van der Waals surface area contributed by atoms with E-state index in [0.29, 0.717) is 6.61 Å². The Bertz CT molecular complexity index is 669. The Morgan fingerprint density at radius 3 is 2.18 bits per heavy atom. The first-order chi connectivity index (χ1) is 13.8. The lowest BCUT2D eigenvalue weighted by Crippen LogP contribution is -2.15. The number of aromatic nitrogens is 1. The Balaban J connectivity index is 1.42. The number of ether oxygens (including phenoxy) is 1. The molecule has 0 N–H and O–H groups in total. The van der Waals surface area contributed by atoms with Crippen LogP contribution in [0.15, 0.2) is 42.6 Å². The molecule has 0 unspecified atom stereocenters. The van der Waals surface area contributed by atoms with Crippen LogP contribution in [-0.4, -0.2) is 11.6 Å². The summed E-state index contributed by atoms with van der Waals surface area (Å²) in [4.78, 5) is 4.70. The van der Waals surface area contributed by atoms with Crippen LogP contribution in [0.25, 0.3) is 11.3 Å². The van der Waals surface area contributed by atoms with Crippen molar-refractivity contribution in [3.05, 3.63) is 48.2 Å². The molecule has 28 heavy (non-hydrogen) atoms. The lowest BCUT2D eigenvalue weighted by molar-refractivity contribution is 0.249. The topological polar surface area (TPSA) is 22.1 Å². The first-order valence-corrected chi connectivity index (χ1v) is 11.5. The standard InChI is InChI=1S/C26H37NO/c1-3-5-6-7-21-8-10-22(11-9-21)12-13-23-14-19-26(27-20-23)24-15-17-25(18-16-24)28-4-2/h14-22H,3-13H2,1-2H3. The van der Waals surface area contributed by atoms with Gasteiger partial charge in [-0.15, -0.1) is 0 Å². The number of hydrogen-bond acceptors (Lipinski definition) is 2. The van der Waals surface area contributed by atoms with E-state index in [1.165, 1.54) is 69.8 Å². The van der Waals surface area contributed by atoms with Gasteiger partial charge >= 0.3 is 0 Å². The van der Waals surface area contributed by atoms with Crippen LogP contribution in [0, 0.1) is 11.8 Å². The Labute approximate surface area is 171 Å². The lowest BCUT2D eigenvalue weighted by atomic mass is 9.78. The molecule has 1 saturated carbocycles. The van der Waals surface area contributed by atoms with Gasteiger partial charge in [0.1, 0.15) is 5.75 Å². The van der Waals surface area contributed by atoms with Crippen molar-refractivity contribution in [2.45, 2.75) is 78.1 Å². The number of aryl methyl sites for hydroxylation is 1. The number of pyridine rings is 1. The third kappa shape index (κ3) is 6.36. The van der Waals surface area contributed by atoms with Crippen molar-refractivity contribution >= 4 is 0 Å². The van der Waals surface area contributed by atoms with Crippen LogP contribution in [-0.2, 0) is 6.42 Å². The summed E-state index contributed by atoms with van der Waals surface area (Å²) in [5.41, 5.74) is 3.57. The minimum Gasteiger partial charge on any atom is -0.494 e. The summed E-state index contributed by atoms with van der Waals surface area (Å²) in [6.07, 6.45) is 16.0. The van der Waals surface area contributed by atoms with Crippen molar-refractivity contribution in [3.8, 4) is 17.0 Å². The van der Waals surface area contributed by atoms with Crippen molar-refractivity contribution in [1.82, 2.24) is 4.98 Å². The zero-order chi connectivity index (χ0) is 19.6. The first kappa shape index (κ1) is 20.9. The molecule has 2 heteroatoms. The maximum atomic E-state index is 5.52. The number of rotatable bonds is 10. The van der Waals surface area contributed by atoms with E-state index in [2.05, 4.69) is 37.4 Å². The van der Waals surface area contributed by atoms with Crippen molar-refractivity contribution in [2.24, 2.45) is 11.8 Å². The molecule has 1 fully saturated rings. The fourth-order valence-electron chi connectivity index (χ4n) is 4.49. The van der Waals surface area contributed by atoms with Gasteiger partial charge in [0.25, 0.3) is 0 Å². The molecule has 2 aromatic rings. The van der Waals surface area contributed by atoms with Gasteiger partial charge in [-0.25, -0.2) is 0 Å². The van der Waals surface area contributed by atoms with Gasteiger partial charge in [0.2, 0.25) is 0 Å². The summed E-state index contributed by atoms with van der Waals surface area (Å²) >= 11 is 0. The second-order valence-electron chi connectivity index (χ2n) is 8.43. The Morgan fingerprint density at radius 2 is 1.57 bits per heavy atom. The molecular formula is C26H37NO. The van der Waals surface area contributed by atoms with Gasteiger partial charge in [0.05, 0.1) is 12.3 Å². The summed E-state index contributed by atoms with van der Waals surface area (Å²) in [6, 6.07) is 12.6. The number of nitrogens with zero attached hydrogens (tertiary/aromatic N) is 1. The first-order valence-electron chi connectivity index (χ1n) is 11.5. The summed E-state index contributed by atoms with van der Waals surface area (Å²) in [7, 11) is 0. The van der Waals surface area contributed by atoms with Gasteiger partial charge < -0.3 is 4.74 Å². The molecule has 1 aromatic heterocycles. The van der Waals surface area contributed by atoms with Gasteiger partial charge in [-0.3, -0.25) is 4.98 Å². The third-order valence-corrected chi connectivity index (χ3v) is 6.31. The summed E-state index contributed by atoms with van der Waals surface area (Å²) in [5.74, 6) is 2.86. The molecule has 0 amide bonds. The van der Waals surface area contributed by atoms with Crippen molar-refractivity contribution in [2.75, 3.05) is 6.61 Å². The predicted octanol–water partition coefficient (Wildman–Crippen LogP) is 7.47. The van der Waals surface area contributed by atoms with Gasteiger partial charge in [-0.2, -0.15) is 0 Å². The van der Waals surface area contributed by atoms with Gasteiger partial charge in [-0.05, 0) is 67.5 Å². The summed E-state index contributed by atoms with van der Waals surface area (Å²) in [5, 5.41) is 0. The lowest BCUT2D eigenvalue weighted by Gasteiger charge is -2.28. The average Bonchev–Trinajstić information content (AvgIpc) is 2.75. The van der Waals surface area contributed by atoms with E-state index in [1.807, 2.05) is 19.1 Å². The largest absolute Gasteiger partial charge is 0.494 e. The molecule has 0 spiro atoms. The zero-order valence-corrected chi connectivity index (χ0v) is 17.8. The molecule has 2 nitrogen and oxygen atoms in total. The fraction of sp³-hybridized carbons (Fsp3) is 0.577. The summed E-state index contributed by atoms with van der Waals surface area (Å²) in [6.45, 7) is 5.01. The molecule has 0 atom stereocenters. The highest BCUT2D eigenvalue weighted by Crippen LogP contribution is 2.34. The van der Waals surface area contributed by atoms with E-state index in [1.54, 1.807) is 0 Å². The summed E-state index contributed by atoms with van der Waals surface area (Å²) < 4.78 is 5.52. The molecule has 152 valence electrons. The molecule has 1 aromatic carbocycles. The van der Waals surface area contributed by atoms with Crippen LogP contribution in [0.5, 0.6) is 5.75 Å². The van der Waals surface area contributed by atoms with Crippen LogP contribution in [0.2, 0.25) is 0 Å². The Kier molecular flexibility index (Phi) is 8.39. The average molecular weight is 380 g/mol. The maximum Gasteiger partial charge on any atom is 0.119 e. The molecule has 1 aliphatic rings. The van der Waals surface area contributed by atoms with Crippen LogP contribution >= 0.6 is 0 Å². The van der Waals surface area contributed by atoms with Crippen molar-refractivity contribution in [3.63, 3.8) is 0 Å². The fourth-order valence-corrected chi connectivity index (χ4v) is 4.49. The highest BCUT2D eigenvalue weighted by Gasteiger charge is 2.20. The molecule has 3 rings (SSSR count). The minimum atomic E-state index is 0.701. The minimum absolute atomic E-state index is 0.701. The highest BCUT2D eigenvalue weighted by molar-refractivity contribution is 5.60. The van der Waals surface area contributed by atoms with Crippen LogP contribution < -0.4 is 4.74 Å². The molecule has 0 aliphatic heterocycles. The monoisotopic (exact) mass is 379 g/mol. The molecule has 0 bridgehead atoms. The van der Waals surface area contributed by atoms with Crippen molar-refractivity contribution in [1.29, 1.82) is 0 Å². The Morgan fingerprint density at radius 1 is 0.857 bits per heavy atom. The van der Waals surface area contributed by atoms with Gasteiger partial charge in [0.15, 0.2) is 0 Å². The molecule has 0 saturated heterocycles. The second-order valence-corrected chi connectivity index (χ2v) is 8.43. The molecule has 0 radical (unpaired) electrons. The van der Waals surface area contributed by atoms with E-state index in [9.17, 15) is 0 Å². The second kappa shape index (κ2) is 11.2. The number of benzene rings is 1. The predicted molar refractivity (Wildman–Crippen MR) is 119 cm³/mol. The highest BCUT2D eigenvalue weighted by atomic mass is 16.5. The number of unbranched alkanes of at least 4 members (excludes halogenated alkanes) is 2. The van der Waals surface area contributed by atoms with Crippen LogP contribution in [0.4, 0.5) is 0 Å². The van der Waals surface area contributed by atoms with Crippen LogP contribution in [0.1, 0.15) is 77.2 Å². The smallest absolute Gasteiger partial charge is 0.119 e. The maximum absolute atomic E-state index is 5.52. The van der Waals surface area contributed by atoms with Gasteiger partial charge in [0, 0.05) is 11.8 Å². The molecular weight excluding hydrogens is 342 g/mol. The zero-order valence-electron chi connectivity index (χ0n) is 17.8. The Hall–Kier alpha value is -1.83. The van der Waals surface area contributed by atoms with E-state index < -0.39 is 0 Å². The molecule has 1 heterocycles. The van der Waals surface area contributed by atoms with E-state index in [-0.39, 0.29) is 0 Å². The number of hydrogen-bond donors (Lipinski definition) is 0. The van der Waals surface area contributed by atoms with Crippen LogP contribution in [0.3, 0.4) is 0 Å². The van der Waals surface area contributed by atoms with Crippen molar-refractivity contribution < 1.29 is 4.74 Å². The SMILES string of the molecule is CCCCCC1CCC(CCc2ccc(-c3ccc(OCC)cc3)nc2)CC1. The van der Waals surface area contributed by atoms with E-state index >= 15 is 0 Å². The molecule has 1 aliphatic carbocycles. The quantitative estimate of drug-likeness (QED) is 0.399. The van der Waals surface area contributed by atoms with Gasteiger partial charge in [-0.1, -0.05) is 64.4 Å².